The van der Waals surface area contributed by atoms with Crippen LogP contribution in [0.3, 0.4) is 0 Å². The first-order valence-corrected chi connectivity index (χ1v) is 8.38. The summed E-state index contributed by atoms with van der Waals surface area (Å²) in [5.41, 5.74) is 1.88. The molecule has 0 aliphatic heterocycles. The van der Waals surface area contributed by atoms with Gasteiger partial charge in [0.1, 0.15) is 17.7 Å². The maximum Gasteiger partial charge on any atom is 0.262 e. The van der Waals surface area contributed by atoms with E-state index >= 15 is 0 Å². The van der Waals surface area contributed by atoms with E-state index < -0.39 is 6.04 Å². The summed E-state index contributed by atoms with van der Waals surface area (Å²) in [6, 6.07) is 7.55. The van der Waals surface area contributed by atoms with Crippen LogP contribution in [0.15, 0.2) is 42.7 Å². The number of nitrogens with zero attached hydrogens (tertiary/aromatic N) is 2. The second-order valence-corrected chi connectivity index (χ2v) is 6.96. The molecule has 124 valence electrons. The number of benzene rings is 1. The van der Waals surface area contributed by atoms with Gasteiger partial charge < -0.3 is 9.88 Å². The van der Waals surface area contributed by atoms with Crippen LogP contribution in [-0.4, -0.2) is 15.5 Å². The Morgan fingerprint density at radius 1 is 1.29 bits per heavy atom. The lowest BCUT2D eigenvalue weighted by Crippen LogP contribution is -2.30. The van der Waals surface area contributed by atoms with Gasteiger partial charge in [-0.15, -0.1) is 11.3 Å². The number of amides is 1. The third kappa shape index (κ3) is 3.23. The van der Waals surface area contributed by atoms with Crippen LogP contribution in [-0.2, 0) is 7.05 Å². The van der Waals surface area contributed by atoms with Gasteiger partial charge in [0.2, 0.25) is 0 Å². The van der Waals surface area contributed by atoms with E-state index in [2.05, 4.69) is 10.3 Å². The lowest BCUT2D eigenvalue weighted by Gasteiger charge is -2.19. The summed E-state index contributed by atoms with van der Waals surface area (Å²) in [4.78, 5) is 18.8. The predicted molar refractivity (Wildman–Crippen MR) is 92.7 cm³/mol. The molecule has 3 rings (SSSR count). The van der Waals surface area contributed by atoms with Crippen molar-refractivity contribution in [3.05, 3.63) is 75.2 Å². The molecule has 1 amide bonds. The van der Waals surface area contributed by atoms with E-state index in [4.69, 9.17) is 0 Å². The molecule has 0 radical (unpaired) electrons. The highest BCUT2D eigenvalue weighted by Gasteiger charge is 2.22. The fourth-order valence-corrected chi connectivity index (χ4v) is 3.43. The normalized spacial score (nSPS) is 12.2. The molecule has 0 aliphatic carbocycles. The van der Waals surface area contributed by atoms with E-state index in [0.29, 0.717) is 10.7 Å². The molecule has 0 fully saturated rings. The highest BCUT2D eigenvalue weighted by molar-refractivity contribution is 7.14. The number of halogens is 1. The van der Waals surface area contributed by atoms with Gasteiger partial charge in [-0.05, 0) is 43.2 Å². The van der Waals surface area contributed by atoms with E-state index in [1.54, 1.807) is 18.3 Å². The van der Waals surface area contributed by atoms with Crippen molar-refractivity contribution < 1.29 is 9.18 Å². The minimum atomic E-state index is -0.444. The van der Waals surface area contributed by atoms with Crippen molar-refractivity contribution >= 4 is 17.2 Å². The Balaban J connectivity index is 1.94. The van der Waals surface area contributed by atoms with E-state index in [9.17, 15) is 9.18 Å². The van der Waals surface area contributed by atoms with Gasteiger partial charge in [0.05, 0.1) is 4.88 Å². The topological polar surface area (TPSA) is 46.9 Å². The minimum Gasteiger partial charge on any atom is -0.337 e. The zero-order valence-electron chi connectivity index (χ0n) is 13.7. The number of imidazole rings is 1. The average Bonchev–Trinajstić information content (AvgIpc) is 3.12. The van der Waals surface area contributed by atoms with Gasteiger partial charge in [0.25, 0.3) is 5.91 Å². The summed E-state index contributed by atoms with van der Waals surface area (Å²) in [5, 5.41) is 3.02. The largest absolute Gasteiger partial charge is 0.337 e. The molecule has 1 atom stereocenters. The van der Waals surface area contributed by atoms with Crippen molar-refractivity contribution in [2.75, 3.05) is 0 Å². The number of rotatable bonds is 4. The molecule has 1 aromatic carbocycles. The molecular formula is C18H18FN3OS. The van der Waals surface area contributed by atoms with Crippen LogP contribution in [0.2, 0.25) is 0 Å². The van der Waals surface area contributed by atoms with Crippen LogP contribution in [0, 0.1) is 19.7 Å². The molecule has 0 aliphatic rings. The number of thiophene rings is 1. The maximum atomic E-state index is 13.2. The van der Waals surface area contributed by atoms with Crippen molar-refractivity contribution in [2.45, 2.75) is 19.9 Å². The molecule has 6 heteroatoms. The summed E-state index contributed by atoms with van der Waals surface area (Å²) < 4.78 is 15.1. The first-order chi connectivity index (χ1) is 11.5. The standard InChI is InChI=1S/C18H18FN3OS/c1-11-10-15(24-12(11)2)18(23)21-16(17-20-8-9-22(17)3)13-4-6-14(19)7-5-13/h4-10,16H,1-3H3,(H,21,23). The zero-order chi connectivity index (χ0) is 17.3. The van der Waals surface area contributed by atoms with Crippen molar-refractivity contribution in [1.29, 1.82) is 0 Å². The van der Waals surface area contributed by atoms with Crippen molar-refractivity contribution in [1.82, 2.24) is 14.9 Å². The molecule has 2 aromatic heterocycles. The third-order valence-corrected chi connectivity index (χ3v) is 5.14. The first kappa shape index (κ1) is 16.4. The molecule has 24 heavy (non-hydrogen) atoms. The number of aromatic nitrogens is 2. The summed E-state index contributed by atoms with van der Waals surface area (Å²) in [6.07, 6.45) is 3.49. The van der Waals surface area contributed by atoms with Gasteiger partial charge in [-0.1, -0.05) is 12.1 Å². The van der Waals surface area contributed by atoms with Gasteiger partial charge in [0, 0.05) is 24.3 Å². The number of nitrogens with one attached hydrogen (secondary N) is 1. The van der Waals surface area contributed by atoms with Crippen LogP contribution in [0.1, 0.15) is 37.5 Å². The Labute approximate surface area is 144 Å². The lowest BCUT2D eigenvalue weighted by atomic mass is 10.1. The Morgan fingerprint density at radius 3 is 2.54 bits per heavy atom. The van der Waals surface area contributed by atoms with E-state index in [1.807, 2.05) is 37.7 Å². The Bertz CT molecular complexity index is 847. The van der Waals surface area contributed by atoms with Crippen molar-refractivity contribution in [3.63, 3.8) is 0 Å². The quantitative estimate of drug-likeness (QED) is 0.784. The molecule has 1 unspecified atom stereocenters. The van der Waals surface area contributed by atoms with E-state index in [1.165, 1.54) is 23.5 Å². The molecule has 0 saturated heterocycles. The summed E-state index contributed by atoms with van der Waals surface area (Å²) >= 11 is 1.46. The van der Waals surface area contributed by atoms with Crippen LogP contribution in [0.4, 0.5) is 4.39 Å². The Hall–Kier alpha value is -2.47. The molecule has 0 spiro atoms. The summed E-state index contributed by atoms with van der Waals surface area (Å²) in [7, 11) is 1.87. The molecule has 2 heterocycles. The highest BCUT2D eigenvalue weighted by Crippen LogP contribution is 2.24. The number of carbonyl (C=O) groups excluding carboxylic acids is 1. The first-order valence-electron chi connectivity index (χ1n) is 7.56. The number of carbonyl (C=O) groups is 1. The molecule has 3 aromatic rings. The highest BCUT2D eigenvalue weighted by atomic mass is 32.1. The Kier molecular flexibility index (Phi) is 4.49. The van der Waals surface area contributed by atoms with Gasteiger partial charge in [0.15, 0.2) is 0 Å². The predicted octanol–water partition coefficient (Wildman–Crippen LogP) is 3.76. The van der Waals surface area contributed by atoms with E-state index in [-0.39, 0.29) is 11.7 Å². The van der Waals surface area contributed by atoms with Gasteiger partial charge >= 0.3 is 0 Å². The zero-order valence-corrected chi connectivity index (χ0v) is 14.5. The van der Waals surface area contributed by atoms with Gasteiger partial charge in [-0.3, -0.25) is 4.79 Å². The number of hydrogen-bond acceptors (Lipinski definition) is 3. The summed E-state index contributed by atoms with van der Waals surface area (Å²) in [5.74, 6) is 0.224. The third-order valence-electron chi connectivity index (χ3n) is 3.99. The Morgan fingerprint density at radius 2 is 2.00 bits per heavy atom. The molecule has 4 nitrogen and oxygen atoms in total. The van der Waals surface area contributed by atoms with Crippen LogP contribution in [0.5, 0.6) is 0 Å². The van der Waals surface area contributed by atoms with Crippen molar-refractivity contribution in [2.24, 2.45) is 7.05 Å². The molecule has 0 saturated carbocycles. The van der Waals surface area contributed by atoms with Crippen LogP contribution >= 0.6 is 11.3 Å². The fourth-order valence-electron chi connectivity index (χ4n) is 2.49. The molecule has 0 bridgehead atoms. The minimum absolute atomic E-state index is 0.159. The second-order valence-electron chi connectivity index (χ2n) is 5.70. The van der Waals surface area contributed by atoms with Gasteiger partial charge in [-0.2, -0.15) is 0 Å². The second kappa shape index (κ2) is 6.57. The monoisotopic (exact) mass is 343 g/mol. The maximum absolute atomic E-state index is 13.2. The van der Waals surface area contributed by atoms with E-state index in [0.717, 1.165) is 16.0 Å². The van der Waals surface area contributed by atoms with Crippen molar-refractivity contribution in [3.8, 4) is 0 Å². The fraction of sp³-hybridized carbons (Fsp3) is 0.222. The smallest absolute Gasteiger partial charge is 0.262 e. The lowest BCUT2D eigenvalue weighted by molar-refractivity contribution is 0.0945. The summed E-state index contributed by atoms with van der Waals surface area (Å²) in [6.45, 7) is 3.98. The van der Waals surface area contributed by atoms with Crippen LogP contribution in [0.25, 0.3) is 0 Å². The molecular weight excluding hydrogens is 325 g/mol. The SMILES string of the molecule is Cc1cc(C(=O)NC(c2ccc(F)cc2)c2nccn2C)sc1C. The number of hydrogen-bond donors (Lipinski definition) is 1. The average molecular weight is 343 g/mol. The number of aryl methyl sites for hydroxylation is 3. The molecule has 1 N–H and O–H groups in total. The van der Waals surface area contributed by atoms with Gasteiger partial charge in [-0.25, -0.2) is 9.37 Å². The van der Waals surface area contributed by atoms with Crippen LogP contribution < -0.4 is 5.32 Å².